The van der Waals surface area contributed by atoms with Gasteiger partial charge >= 0.3 is 0 Å². The normalized spacial score (nSPS) is 24.4. The summed E-state index contributed by atoms with van der Waals surface area (Å²) in [4.78, 5) is 0. The Bertz CT molecular complexity index is 440. The van der Waals surface area contributed by atoms with Crippen LogP contribution < -0.4 is 10.1 Å². The average molecular weight is 297 g/mol. The molecule has 112 valence electrons. The Morgan fingerprint density at radius 1 is 1.35 bits per heavy atom. The Morgan fingerprint density at radius 2 is 2.10 bits per heavy atom. The zero-order valence-electron chi connectivity index (χ0n) is 12.5. The highest BCUT2D eigenvalue weighted by atomic mass is 32.2. The molecule has 1 aromatic rings. The van der Waals surface area contributed by atoms with E-state index >= 15 is 0 Å². The van der Waals surface area contributed by atoms with Crippen LogP contribution in [0.2, 0.25) is 0 Å². The van der Waals surface area contributed by atoms with Crippen molar-refractivity contribution in [2.24, 2.45) is 0 Å². The van der Waals surface area contributed by atoms with Crippen LogP contribution >= 0.6 is 11.8 Å². The maximum Gasteiger partial charge on any atom is 0.131 e. The van der Waals surface area contributed by atoms with Gasteiger partial charge in [0.05, 0.1) is 7.11 Å². The molecule has 0 amide bonds. The molecule has 0 heterocycles. The largest absolute Gasteiger partial charge is 0.497 e. The molecule has 4 heteroatoms. The molecule has 1 aromatic carbocycles. The first kappa shape index (κ1) is 15.6. The number of benzene rings is 1. The summed E-state index contributed by atoms with van der Waals surface area (Å²) in [5.74, 6) is 0.374. The lowest BCUT2D eigenvalue weighted by Gasteiger charge is -2.33. The van der Waals surface area contributed by atoms with E-state index in [9.17, 15) is 4.39 Å². The third-order valence-electron chi connectivity index (χ3n) is 4.14. The van der Waals surface area contributed by atoms with Gasteiger partial charge in [-0.2, -0.15) is 11.8 Å². The number of ether oxygens (including phenoxy) is 1. The lowest BCUT2D eigenvalue weighted by molar-refractivity contribution is 0.351. The van der Waals surface area contributed by atoms with E-state index in [4.69, 9.17) is 4.74 Å². The van der Waals surface area contributed by atoms with E-state index in [1.807, 2.05) is 30.8 Å². The van der Waals surface area contributed by atoms with E-state index in [1.54, 1.807) is 7.11 Å². The van der Waals surface area contributed by atoms with E-state index < -0.39 is 0 Å². The van der Waals surface area contributed by atoms with Crippen LogP contribution in [-0.2, 0) is 0 Å². The minimum absolute atomic E-state index is 0.0265. The van der Waals surface area contributed by atoms with E-state index in [0.717, 1.165) is 5.56 Å². The minimum Gasteiger partial charge on any atom is -0.497 e. The van der Waals surface area contributed by atoms with Gasteiger partial charge in [0.15, 0.2) is 0 Å². The fourth-order valence-corrected chi connectivity index (χ4v) is 3.91. The van der Waals surface area contributed by atoms with E-state index in [1.165, 1.54) is 31.7 Å². The van der Waals surface area contributed by atoms with Gasteiger partial charge in [-0.25, -0.2) is 4.39 Å². The first-order chi connectivity index (χ1) is 9.65. The molecule has 1 saturated carbocycles. The Kier molecular flexibility index (Phi) is 5.73. The third-order valence-corrected chi connectivity index (χ3v) is 5.31. The van der Waals surface area contributed by atoms with Gasteiger partial charge in [0.25, 0.3) is 0 Å². The van der Waals surface area contributed by atoms with Gasteiger partial charge in [-0.05, 0) is 32.1 Å². The SMILES string of the molecule is COc1ccc(C(C)NC2CCCCC2SC)c(F)c1. The summed E-state index contributed by atoms with van der Waals surface area (Å²) in [6, 6.07) is 5.61. The van der Waals surface area contributed by atoms with Crippen molar-refractivity contribution in [2.45, 2.75) is 49.9 Å². The van der Waals surface area contributed by atoms with Crippen molar-refractivity contribution in [3.63, 3.8) is 0 Å². The fourth-order valence-electron chi connectivity index (χ4n) is 2.97. The van der Waals surface area contributed by atoms with E-state index in [-0.39, 0.29) is 11.9 Å². The highest BCUT2D eigenvalue weighted by molar-refractivity contribution is 7.99. The quantitative estimate of drug-likeness (QED) is 0.882. The van der Waals surface area contributed by atoms with Gasteiger partial charge in [-0.15, -0.1) is 0 Å². The Balaban J connectivity index is 2.05. The molecule has 1 aliphatic rings. The van der Waals surface area contributed by atoms with Gasteiger partial charge in [0.2, 0.25) is 0 Å². The molecule has 3 unspecified atom stereocenters. The summed E-state index contributed by atoms with van der Waals surface area (Å²) in [5.41, 5.74) is 0.719. The van der Waals surface area contributed by atoms with Crippen molar-refractivity contribution in [2.75, 3.05) is 13.4 Å². The number of methoxy groups -OCH3 is 1. The van der Waals surface area contributed by atoms with Gasteiger partial charge in [-0.3, -0.25) is 0 Å². The molecule has 2 rings (SSSR count). The van der Waals surface area contributed by atoms with Gasteiger partial charge < -0.3 is 10.1 Å². The molecule has 0 aliphatic heterocycles. The Labute approximate surface area is 125 Å². The van der Waals surface area contributed by atoms with Crippen molar-refractivity contribution in [1.29, 1.82) is 0 Å². The highest BCUT2D eigenvalue weighted by Crippen LogP contribution is 2.30. The lowest BCUT2D eigenvalue weighted by atomic mass is 9.93. The number of hydrogen-bond acceptors (Lipinski definition) is 3. The summed E-state index contributed by atoms with van der Waals surface area (Å²) < 4.78 is 19.1. The summed E-state index contributed by atoms with van der Waals surface area (Å²) in [6.45, 7) is 2.04. The molecular weight excluding hydrogens is 273 g/mol. The van der Waals surface area contributed by atoms with Crippen molar-refractivity contribution in [3.8, 4) is 5.75 Å². The maximum absolute atomic E-state index is 14.1. The standard InChI is InChI=1S/C16H24FNOS/c1-11(13-9-8-12(19-2)10-14(13)17)18-15-6-4-5-7-16(15)20-3/h8-11,15-16,18H,4-7H2,1-3H3. The fraction of sp³-hybridized carbons (Fsp3) is 0.625. The summed E-state index contributed by atoms with van der Waals surface area (Å²) in [7, 11) is 1.56. The summed E-state index contributed by atoms with van der Waals surface area (Å²) >= 11 is 1.93. The number of hydrogen-bond donors (Lipinski definition) is 1. The van der Waals surface area contributed by atoms with Crippen LogP contribution in [0.3, 0.4) is 0 Å². The first-order valence-corrected chi connectivity index (χ1v) is 8.56. The molecule has 0 aromatic heterocycles. The predicted octanol–water partition coefficient (Wildman–Crippen LogP) is 4.16. The van der Waals surface area contributed by atoms with E-state index in [0.29, 0.717) is 17.0 Å². The molecule has 20 heavy (non-hydrogen) atoms. The lowest BCUT2D eigenvalue weighted by Crippen LogP contribution is -2.41. The zero-order valence-corrected chi connectivity index (χ0v) is 13.3. The summed E-state index contributed by atoms with van der Waals surface area (Å²) in [6.07, 6.45) is 7.20. The monoisotopic (exact) mass is 297 g/mol. The topological polar surface area (TPSA) is 21.3 Å². The van der Waals surface area contributed by atoms with Gasteiger partial charge in [0.1, 0.15) is 11.6 Å². The Morgan fingerprint density at radius 3 is 2.75 bits per heavy atom. The smallest absolute Gasteiger partial charge is 0.131 e. The summed E-state index contributed by atoms with van der Waals surface area (Å²) in [5, 5.41) is 4.26. The molecule has 0 radical (unpaired) electrons. The Hall–Kier alpha value is -0.740. The number of halogens is 1. The molecule has 1 aliphatic carbocycles. The molecule has 0 spiro atoms. The van der Waals surface area contributed by atoms with Crippen LogP contribution in [0.15, 0.2) is 18.2 Å². The molecular formula is C16H24FNOS. The molecule has 3 atom stereocenters. The second-order valence-electron chi connectivity index (χ2n) is 5.44. The first-order valence-electron chi connectivity index (χ1n) is 7.28. The predicted molar refractivity (Wildman–Crippen MR) is 84.1 cm³/mol. The molecule has 1 fully saturated rings. The minimum atomic E-state index is -0.194. The molecule has 0 saturated heterocycles. The van der Waals surface area contributed by atoms with Crippen LogP contribution in [-0.4, -0.2) is 24.7 Å². The van der Waals surface area contributed by atoms with Crippen LogP contribution in [0.25, 0.3) is 0 Å². The highest BCUT2D eigenvalue weighted by Gasteiger charge is 2.26. The molecule has 2 nitrogen and oxygen atoms in total. The average Bonchev–Trinajstić information content (AvgIpc) is 2.47. The van der Waals surface area contributed by atoms with E-state index in [2.05, 4.69) is 11.6 Å². The van der Waals surface area contributed by atoms with Crippen LogP contribution in [0.1, 0.15) is 44.2 Å². The number of rotatable bonds is 5. The van der Waals surface area contributed by atoms with Crippen molar-refractivity contribution >= 4 is 11.8 Å². The number of nitrogens with one attached hydrogen (secondary N) is 1. The third kappa shape index (κ3) is 3.67. The zero-order chi connectivity index (χ0) is 14.5. The van der Waals surface area contributed by atoms with Crippen LogP contribution in [0.5, 0.6) is 5.75 Å². The van der Waals surface area contributed by atoms with Crippen LogP contribution in [0, 0.1) is 5.82 Å². The second kappa shape index (κ2) is 7.32. The second-order valence-corrected chi connectivity index (χ2v) is 6.52. The van der Waals surface area contributed by atoms with Crippen molar-refractivity contribution in [3.05, 3.63) is 29.6 Å². The van der Waals surface area contributed by atoms with Gasteiger partial charge in [0, 0.05) is 29.0 Å². The van der Waals surface area contributed by atoms with Crippen LogP contribution in [0.4, 0.5) is 4.39 Å². The van der Waals surface area contributed by atoms with Gasteiger partial charge in [-0.1, -0.05) is 18.9 Å². The van der Waals surface area contributed by atoms with Crippen molar-refractivity contribution in [1.82, 2.24) is 5.32 Å². The number of thioether (sulfide) groups is 1. The van der Waals surface area contributed by atoms with Crippen molar-refractivity contribution < 1.29 is 9.13 Å². The maximum atomic E-state index is 14.1. The molecule has 1 N–H and O–H groups in total. The molecule has 0 bridgehead atoms.